The summed E-state index contributed by atoms with van der Waals surface area (Å²) in [6.07, 6.45) is 3.40. The molecule has 0 fully saturated rings. The summed E-state index contributed by atoms with van der Waals surface area (Å²) in [6, 6.07) is 17.3. The molecule has 3 N–H and O–H groups in total. The van der Waals surface area contributed by atoms with E-state index in [-0.39, 0.29) is 16.6 Å². The molecule has 2 aromatic carbocycles. The van der Waals surface area contributed by atoms with Crippen LogP contribution in [0.2, 0.25) is 0 Å². The Morgan fingerprint density at radius 2 is 1.79 bits per heavy atom. The van der Waals surface area contributed by atoms with Gasteiger partial charge in [0.25, 0.3) is 0 Å². The van der Waals surface area contributed by atoms with Gasteiger partial charge in [-0.05, 0) is 55.5 Å². The largest absolute Gasteiger partial charge is 0.325 e. The first-order valence-electron chi connectivity index (χ1n) is 9.79. The third kappa shape index (κ3) is 5.45. The number of aryl methyl sites for hydroxylation is 1. The van der Waals surface area contributed by atoms with Crippen molar-refractivity contribution in [1.29, 1.82) is 0 Å². The van der Waals surface area contributed by atoms with E-state index in [4.69, 9.17) is 5.14 Å². The number of hydrogen-bond acceptors (Lipinski definition) is 7. The molecule has 0 spiro atoms. The van der Waals surface area contributed by atoms with E-state index in [2.05, 4.69) is 20.5 Å². The number of carbonyl (C=O) groups is 1. The molecule has 0 bridgehead atoms. The van der Waals surface area contributed by atoms with Gasteiger partial charge in [-0.3, -0.25) is 14.3 Å². The molecule has 168 valence electrons. The fraction of sp³-hybridized carbons (Fsp3) is 0.0909. The second-order valence-electron chi connectivity index (χ2n) is 7.13. The number of rotatable bonds is 7. The maximum atomic E-state index is 12.5. The average Bonchev–Trinajstić information content (AvgIpc) is 3.22. The number of nitrogens with zero attached hydrogens (tertiary/aromatic N) is 4. The number of pyridine rings is 1. The van der Waals surface area contributed by atoms with E-state index in [1.165, 1.54) is 36.0 Å². The van der Waals surface area contributed by atoms with Crippen molar-refractivity contribution in [3.8, 4) is 17.1 Å². The molecule has 0 aliphatic heterocycles. The number of nitrogens with two attached hydrogens (primary N) is 1. The fourth-order valence-corrected chi connectivity index (χ4v) is 4.29. The highest BCUT2D eigenvalue weighted by atomic mass is 32.2. The van der Waals surface area contributed by atoms with Crippen molar-refractivity contribution in [3.63, 3.8) is 0 Å². The minimum absolute atomic E-state index is 0.0241. The van der Waals surface area contributed by atoms with Crippen LogP contribution in [-0.2, 0) is 14.8 Å². The standard InChI is InChI=1S/C22H20N6O3S2/c1-15-4-8-18(9-5-15)28-21(16-3-2-12-24-13-16)26-27-22(28)32-14-20(29)25-17-6-10-19(11-7-17)33(23,30)31/h2-13H,14H2,1H3,(H,25,29)(H2,23,30,31). The van der Waals surface area contributed by atoms with E-state index in [0.29, 0.717) is 16.7 Å². The SMILES string of the molecule is Cc1ccc(-n2c(SCC(=O)Nc3ccc(S(N)(=O)=O)cc3)nnc2-c2cccnc2)cc1. The Morgan fingerprint density at radius 1 is 1.06 bits per heavy atom. The minimum atomic E-state index is -3.79. The smallest absolute Gasteiger partial charge is 0.238 e. The van der Waals surface area contributed by atoms with Gasteiger partial charge in [0.2, 0.25) is 15.9 Å². The maximum absolute atomic E-state index is 12.5. The molecule has 0 saturated heterocycles. The monoisotopic (exact) mass is 480 g/mol. The van der Waals surface area contributed by atoms with Crippen LogP contribution in [0.1, 0.15) is 5.56 Å². The van der Waals surface area contributed by atoms with Crippen LogP contribution in [0.5, 0.6) is 0 Å². The van der Waals surface area contributed by atoms with Crippen LogP contribution in [-0.4, -0.2) is 39.8 Å². The van der Waals surface area contributed by atoms with Gasteiger partial charge in [0.1, 0.15) is 0 Å². The Kier molecular flexibility index (Phi) is 6.54. The zero-order valence-electron chi connectivity index (χ0n) is 17.5. The molecule has 0 saturated carbocycles. The highest BCUT2D eigenvalue weighted by Crippen LogP contribution is 2.28. The third-order valence-electron chi connectivity index (χ3n) is 4.64. The molecule has 4 rings (SSSR count). The molecule has 2 aromatic heterocycles. The van der Waals surface area contributed by atoms with Crippen LogP contribution >= 0.6 is 11.8 Å². The van der Waals surface area contributed by atoms with Gasteiger partial charge in [-0.25, -0.2) is 13.6 Å². The van der Waals surface area contributed by atoms with Crippen molar-refractivity contribution in [2.75, 3.05) is 11.1 Å². The molecular formula is C22H20N6O3S2. The second kappa shape index (κ2) is 9.53. The zero-order valence-corrected chi connectivity index (χ0v) is 19.2. The van der Waals surface area contributed by atoms with Gasteiger partial charge in [-0.15, -0.1) is 10.2 Å². The lowest BCUT2D eigenvalue weighted by Crippen LogP contribution is -2.15. The van der Waals surface area contributed by atoms with Crippen LogP contribution in [0.25, 0.3) is 17.1 Å². The Hall–Kier alpha value is -3.54. The number of amides is 1. The van der Waals surface area contributed by atoms with Crippen molar-refractivity contribution in [1.82, 2.24) is 19.7 Å². The summed E-state index contributed by atoms with van der Waals surface area (Å²) in [5.74, 6) is 0.423. The third-order valence-corrected chi connectivity index (χ3v) is 6.50. The summed E-state index contributed by atoms with van der Waals surface area (Å²) in [5.41, 5.74) is 3.25. The first-order chi connectivity index (χ1) is 15.8. The average molecular weight is 481 g/mol. The van der Waals surface area contributed by atoms with Gasteiger partial charge in [-0.2, -0.15) is 0 Å². The number of aromatic nitrogens is 4. The Bertz CT molecular complexity index is 1370. The number of nitrogens with one attached hydrogen (secondary N) is 1. The summed E-state index contributed by atoms with van der Waals surface area (Å²) in [5, 5.41) is 17.0. The van der Waals surface area contributed by atoms with E-state index in [1.54, 1.807) is 12.4 Å². The van der Waals surface area contributed by atoms with Gasteiger partial charge in [0, 0.05) is 29.3 Å². The van der Waals surface area contributed by atoms with Gasteiger partial charge in [0.15, 0.2) is 11.0 Å². The summed E-state index contributed by atoms with van der Waals surface area (Å²) in [6.45, 7) is 2.01. The summed E-state index contributed by atoms with van der Waals surface area (Å²) >= 11 is 1.24. The van der Waals surface area contributed by atoms with Crippen molar-refractivity contribution in [3.05, 3.63) is 78.6 Å². The fourth-order valence-electron chi connectivity index (χ4n) is 3.03. The predicted octanol–water partition coefficient (Wildman–Crippen LogP) is 3.02. The highest BCUT2D eigenvalue weighted by molar-refractivity contribution is 7.99. The lowest BCUT2D eigenvalue weighted by atomic mass is 10.2. The molecule has 0 atom stereocenters. The normalized spacial score (nSPS) is 11.3. The Labute approximate surface area is 195 Å². The van der Waals surface area contributed by atoms with E-state index < -0.39 is 10.0 Å². The van der Waals surface area contributed by atoms with Crippen molar-refractivity contribution < 1.29 is 13.2 Å². The molecule has 1 amide bonds. The maximum Gasteiger partial charge on any atom is 0.238 e. The lowest BCUT2D eigenvalue weighted by Gasteiger charge is -2.11. The molecular weight excluding hydrogens is 460 g/mol. The van der Waals surface area contributed by atoms with E-state index in [9.17, 15) is 13.2 Å². The summed E-state index contributed by atoms with van der Waals surface area (Å²) < 4.78 is 24.6. The van der Waals surface area contributed by atoms with E-state index >= 15 is 0 Å². The highest BCUT2D eigenvalue weighted by Gasteiger charge is 2.17. The molecule has 4 aromatic rings. The molecule has 0 unspecified atom stereocenters. The number of anilines is 1. The van der Waals surface area contributed by atoms with Crippen LogP contribution in [0.4, 0.5) is 5.69 Å². The molecule has 0 radical (unpaired) electrons. The first kappa shape index (κ1) is 22.6. The lowest BCUT2D eigenvalue weighted by molar-refractivity contribution is -0.113. The van der Waals surface area contributed by atoms with Crippen molar-refractivity contribution in [2.45, 2.75) is 17.0 Å². The predicted molar refractivity (Wildman–Crippen MR) is 126 cm³/mol. The van der Waals surface area contributed by atoms with Gasteiger partial charge in [0.05, 0.1) is 10.6 Å². The Morgan fingerprint density at radius 3 is 2.42 bits per heavy atom. The minimum Gasteiger partial charge on any atom is -0.325 e. The quantitative estimate of drug-likeness (QED) is 0.389. The molecule has 9 nitrogen and oxygen atoms in total. The molecule has 0 aliphatic rings. The number of primary sulfonamides is 1. The van der Waals surface area contributed by atoms with Crippen LogP contribution in [0.3, 0.4) is 0 Å². The molecule has 11 heteroatoms. The topological polar surface area (TPSA) is 133 Å². The number of thioether (sulfide) groups is 1. The number of hydrogen-bond donors (Lipinski definition) is 2. The molecule has 0 aliphatic carbocycles. The van der Waals surface area contributed by atoms with E-state index in [1.807, 2.05) is 47.9 Å². The molecule has 33 heavy (non-hydrogen) atoms. The summed E-state index contributed by atoms with van der Waals surface area (Å²) in [4.78, 5) is 16.6. The van der Waals surface area contributed by atoms with Gasteiger partial charge >= 0.3 is 0 Å². The number of carbonyl (C=O) groups excluding carboxylic acids is 1. The van der Waals surface area contributed by atoms with Gasteiger partial charge < -0.3 is 5.32 Å². The number of sulfonamides is 1. The molecule has 2 heterocycles. The second-order valence-corrected chi connectivity index (χ2v) is 9.63. The first-order valence-corrected chi connectivity index (χ1v) is 12.3. The van der Waals surface area contributed by atoms with E-state index in [0.717, 1.165) is 16.8 Å². The van der Waals surface area contributed by atoms with Crippen molar-refractivity contribution in [2.24, 2.45) is 5.14 Å². The Balaban J connectivity index is 1.54. The zero-order chi connectivity index (χ0) is 23.4. The van der Waals surface area contributed by atoms with Crippen molar-refractivity contribution >= 4 is 33.4 Å². The summed E-state index contributed by atoms with van der Waals surface area (Å²) in [7, 11) is -3.79. The van der Waals surface area contributed by atoms with Gasteiger partial charge in [-0.1, -0.05) is 29.5 Å². The number of benzene rings is 2. The van der Waals surface area contributed by atoms with Crippen LogP contribution < -0.4 is 10.5 Å². The van der Waals surface area contributed by atoms with Crippen LogP contribution in [0, 0.1) is 6.92 Å². The van der Waals surface area contributed by atoms with Crippen LogP contribution in [0.15, 0.2) is 83.1 Å².